The van der Waals surface area contributed by atoms with Gasteiger partial charge in [0, 0.05) is 0 Å². The van der Waals surface area contributed by atoms with Crippen LogP contribution in [0.3, 0.4) is 0 Å². The van der Waals surface area contributed by atoms with Gasteiger partial charge < -0.3 is 15.2 Å². The van der Waals surface area contributed by atoms with Crippen molar-refractivity contribution in [2.75, 3.05) is 11.8 Å². The van der Waals surface area contributed by atoms with Crippen LogP contribution in [0.5, 0.6) is 17.5 Å². The van der Waals surface area contributed by atoms with Crippen LogP contribution in [0.2, 0.25) is 0 Å². The smallest absolute Gasteiger partial charge is 0.322 e. The van der Waals surface area contributed by atoms with Gasteiger partial charge in [-0.05, 0) is 44.2 Å². The summed E-state index contributed by atoms with van der Waals surface area (Å²) in [6.45, 7) is 3.26. The molecule has 9 nitrogen and oxygen atoms in total. The number of hydrogen-bond acceptors (Lipinski definition) is 7. The molecule has 0 saturated heterocycles. The van der Waals surface area contributed by atoms with Gasteiger partial charge in [-0.15, -0.1) is 0 Å². The Labute approximate surface area is 173 Å². The van der Waals surface area contributed by atoms with Crippen LogP contribution in [-0.4, -0.2) is 31.4 Å². The fourth-order valence-corrected chi connectivity index (χ4v) is 3.92. The Morgan fingerprint density at radius 2 is 1.67 bits per heavy atom. The molecule has 2 aromatic carbocycles. The summed E-state index contributed by atoms with van der Waals surface area (Å²) in [5.41, 5.74) is 6.24. The maximum absolute atomic E-state index is 12.9. The third-order valence-corrected chi connectivity index (χ3v) is 5.53. The third kappa shape index (κ3) is 4.49. The molecule has 3 rings (SSSR count). The minimum atomic E-state index is -4.05. The Morgan fingerprint density at radius 1 is 1.03 bits per heavy atom. The number of primary amides is 1. The second kappa shape index (κ2) is 8.37. The van der Waals surface area contributed by atoms with E-state index in [1.165, 1.54) is 19.2 Å². The zero-order chi connectivity index (χ0) is 21.9. The first-order valence-electron chi connectivity index (χ1n) is 8.80. The molecule has 0 fully saturated rings. The van der Waals surface area contributed by atoms with Crippen molar-refractivity contribution in [2.24, 2.45) is 5.73 Å². The molecule has 10 heteroatoms. The van der Waals surface area contributed by atoms with E-state index in [-0.39, 0.29) is 27.9 Å². The predicted octanol–water partition coefficient (Wildman–Crippen LogP) is 2.79. The highest BCUT2D eigenvalue weighted by atomic mass is 32.2. The Hall–Kier alpha value is -3.66. The lowest BCUT2D eigenvalue weighted by Gasteiger charge is -2.14. The zero-order valence-corrected chi connectivity index (χ0v) is 17.4. The second-order valence-electron chi connectivity index (χ2n) is 6.30. The lowest BCUT2D eigenvalue weighted by Crippen LogP contribution is -2.18. The Bertz CT molecular complexity index is 1170. The molecule has 30 heavy (non-hydrogen) atoms. The molecule has 1 amide bonds. The van der Waals surface area contributed by atoms with E-state index in [0.717, 1.165) is 6.07 Å². The summed E-state index contributed by atoms with van der Waals surface area (Å²) in [5, 5.41) is 0. The zero-order valence-electron chi connectivity index (χ0n) is 16.5. The molecule has 1 heterocycles. The van der Waals surface area contributed by atoms with Gasteiger partial charge in [0.05, 0.1) is 34.6 Å². The van der Waals surface area contributed by atoms with Crippen LogP contribution in [0.1, 0.15) is 21.7 Å². The van der Waals surface area contributed by atoms with Crippen LogP contribution < -0.4 is 19.9 Å². The van der Waals surface area contributed by atoms with E-state index in [2.05, 4.69) is 14.7 Å². The van der Waals surface area contributed by atoms with Crippen molar-refractivity contribution in [1.29, 1.82) is 0 Å². The van der Waals surface area contributed by atoms with E-state index in [9.17, 15) is 13.2 Å². The van der Waals surface area contributed by atoms with Crippen molar-refractivity contribution in [1.82, 2.24) is 9.97 Å². The van der Waals surface area contributed by atoms with Gasteiger partial charge in [0.25, 0.3) is 15.9 Å². The molecule has 3 aromatic rings. The van der Waals surface area contributed by atoms with Crippen LogP contribution in [0, 0.1) is 13.8 Å². The normalized spacial score (nSPS) is 11.0. The van der Waals surface area contributed by atoms with E-state index in [1.807, 2.05) is 18.2 Å². The second-order valence-corrected chi connectivity index (χ2v) is 7.98. The summed E-state index contributed by atoms with van der Waals surface area (Å²) in [7, 11) is -2.69. The van der Waals surface area contributed by atoms with Crippen LogP contribution in [0.4, 0.5) is 5.69 Å². The summed E-state index contributed by atoms with van der Waals surface area (Å²) in [6, 6.07) is 12.9. The van der Waals surface area contributed by atoms with Gasteiger partial charge in [-0.25, -0.2) is 8.42 Å². The molecule has 0 radical (unpaired) electrons. The van der Waals surface area contributed by atoms with Crippen molar-refractivity contribution >= 4 is 21.6 Å². The number of methoxy groups -OCH3 is 1. The van der Waals surface area contributed by atoms with E-state index in [1.54, 1.807) is 26.0 Å². The van der Waals surface area contributed by atoms with Crippen molar-refractivity contribution in [3.8, 4) is 17.5 Å². The van der Waals surface area contributed by atoms with E-state index in [0.29, 0.717) is 17.1 Å². The molecule has 1 aromatic heterocycles. The summed E-state index contributed by atoms with van der Waals surface area (Å²) >= 11 is 0. The molecule has 156 valence electrons. The van der Waals surface area contributed by atoms with Gasteiger partial charge in [0.2, 0.25) is 0 Å². The lowest BCUT2D eigenvalue weighted by molar-refractivity contribution is 0.0997. The van der Waals surface area contributed by atoms with Crippen LogP contribution in [0.15, 0.2) is 53.4 Å². The molecule has 0 aliphatic carbocycles. The fourth-order valence-electron chi connectivity index (χ4n) is 2.71. The Balaban J connectivity index is 1.92. The number of hydrogen-bond donors (Lipinski definition) is 2. The maximum Gasteiger partial charge on any atom is 0.322 e. The average molecular weight is 428 g/mol. The number of ether oxygens (including phenoxy) is 2. The first kappa shape index (κ1) is 21.1. The SMILES string of the molecule is COc1ccc(S(=O)(=O)Nc2c(C)nc(Oc3ccccc3)nc2C)cc1C(N)=O. The number of nitrogens with two attached hydrogens (primary N) is 1. The van der Waals surface area contributed by atoms with E-state index >= 15 is 0 Å². The van der Waals surface area contributed by atoms with Gasteiger partial charge in [-0.2, -0.15) is 9.97 Å². The average Bonchev–Trinajstić information content (AvgIpc) is 2.71. The third-order valence-electron chi connectivity index (χ3n) is 4.19. The standard InChI is InChI=1S/C20H20N4O5S/c1-12-18(13(2)23-20(22-12)29-14-7-5-4-6-8-14)24-30(26,27)15-9-10-17(28-3)16(11-15)19(21)25/h4-11,24H,1-3H3,(H2,21,25). The summed E-state index contributed by atoms with van der Waals surface area (Å²) < 4.78 is 38.9. The number of rotatable bonds is 7. The number of anilines is 1. The van der Waals surface area contributed by atoms with Gasteiger partial charge in [-0.3, -0.25) is 9.52 Å². The molecule has 0 aliphatic rings. The van der Waals surface area contributed by atoms with Gasteiger partial charge in [0.15, 0.2) is 0 Å². The molecule has 0 unspecified atom stereocenters. The fraction of sp³-hybridized carbons (Fsp3) is 0.150. The van der Waals surface area contributed by atoms with E-state index < -0.39 is 15.9 Å². The highest BCUT2D eigenvalue weighted by Crippen LogP contribution is 2.27. The van der Waals surface area contributed by atoms with Crippen molar-refractivity contribution in [2.45, 2.75) is 18.7 Å². The number of sulfonamides is 1. The molecule has 3 N–H and O–H groups in total. The number of aryl methyl sites for hydroxylation is 2. The number of nitrogens with zero attached hydrogens (tertiary/aromatic N) is 2. The quantitative estimate of drug-likeness (QED) is 0.591. The number of amides is 1. The number of carbonyl (C=O) groups is 1. The highest BCUT2D eigenvalue weighted by molar-refractivity contribution is 7.92. The molecule has 0 bridgehead atoms. The first-order chi connectivity index (χ1) is 14.2. The van der Waals surface area contributed by atoms with Crippen molar-refractivity contribution < 1.29 is 22.7 Å². The minimum absolute atomic E-state index is 0.0447. The molecular weight excluding hydrogens is 408 g/mol. The Kier molecular flexibility index (Phi) is 5.88. The van der Waals surface area contributed by atoms with E-state index in [4.69, 9.17) is 15.2 Å². The van der Waals surface area contributed by atoms with Gasteiger partial charge >= 0.3 is 6.01 Å². The largest absolute Gasteiger partial charge is 0.496 e. The molecule has 0 aliphatic heterocycles. The number of nitrogens with one attached hydrogen (secondary N) is 1. The molecule has 0 atom stereocenters. The summed E-state index contributed by atoms with van der Waals surface area (Å²) in [5.74, 6) is -0.0663. The summed E-state index contributed by atoms with van der Waals surface area (Å²) in [4.78, 5) is 19.9. The minimum Gasteiger partial charge on any atom is -0.496 e. The van der Waals surface area contributed by atoms with Gasteiger partial charge in [0.1, 0.15) is 11.5 Å². The van der Waals surface area contributed by atoms with Crippen LogP contribution in [-0.2, 0) is 10.0 Å². The van der Waals surface area contributed by atoms with Crippen LogP contribution >= 0.6 is 0 Å². The monoisotopic (exact) mass is 428 g/mol. The number of para-hydroxylation sites is 1. The van der Waals surface area contributed by atoms with Gasteiger partial charge in [-0.1, -0.05) is 18.2 Å². The first-order valence-corrected chi connectivity index (χ1v) is 10.3. The number of aromatic nitrogens is 2. The lowest BCUT2D eigenvalue weighted by atomic mass is 10.2. The van der Waals surface area contributed by atoms with Crippen LogP contribution in [0.25, 0.3) is 0 Å². The molecule has 0 spiro atoms. The Morgan fingerprint density at radius 3 is 2.23 bits per heavy atom. The molecular formula is C20H20N4O5S. The predicted molar refractivity (Wildman–Crippen MR) is 110 cm³/mol. The number of carbonyl (C=O) groups excluding carboxylic acids is 1. The van der Waals surface area contributed by atoms with Crippen molar-refractivity contribution in [3.05, 3.63) is 65.5 Å². The topological polar surface area (TPSA) is 134 Å². The summed E-state index contributed by atoms with van der Waals surface area (Å²) in [6.07, 6.45) is 0. The molecule has 0 saturated carbocycles. The maximum atomic E-state index is 12.9. The number of benzene rings is 2. The van der Waals surface area contributed by atoms with Crippen molar-refractivity contribution in [3.63, 3.8) is 0 Å². The highest BCUT2D eigenvalue weighted by Gasteiger charge is 2.21.